The number of aromatic nitrogens is 1. The van der Waals surface area contributed by atoms with Gasteiger partial charge in [0, 0.05) is 37.3 Å². The summed E-state index contributed by atoms with van der Waals surface area (Å²) >= 11 is 7.43. The highest BCUT2D eigenvalue weighted by molar-refractivity contribution is 7.21. The predicted molar refractivity (Wildman–Crippen MR) is 158 cm³/mol. The van der Waals surface area contributed by atoms with Gasteiger partial charge in [0.05, 0.1) is 22.2 Å². The summed E-state index contributed by atoms with van der Waals surface area (Å²) in [7, 11) is 3.50. The molecule has 2 heterocycles. The summed E-state index contributed by atoms with van der Waals surface area (Å²) in [5.74, 6) is -1.21. The van der Waals surface area contributed by atoms with Crippen LogP contribution in [0.5, 0.6) is 5.75 Å². The van der Waals surface area contributed by atoms with Gasteiger partial charge in [-0.1, -0.05) is 17.7 Å². The number of carbonyl (C=O) groups is 2. The first kappa shape index (κ1) is 29.1. The summed E-state index contributed by atoms with van der Waals surface area (Å²) in [5, 5.41) is 3.17. The SMILES string of the molecule is CNC1CCC(N(Cc2cc(-c3ccnc(C(C)=O)c3)ccc2OC)C(=O)c2sc3c(F)ccc(F)c3c2Cl)CC1. The highest BCUT2D eigenvalue weighted by atomic mass is 35.5. The highest BCUT2D eigenvalue weighted by Gasteiger charge is 2.33. The zero-order chi connectivity index (χ0) is 29.3. The molecule has 4 aromatic rings. The lowest BCUT2D eigenvalue weighted by Gasteiger charge is -2.37. The van der Waals surface area contributed by atoms with Crippen molar-refractivity contribution in [1.82, 2.24) is 15.2 Å². The molecule has 0 unspecified atom stereocenters. The molecule has 214 valence electrons. The average Bonchev–Trinajstić information content (AvgIpc) is 3.35. The van der Waals surface area contributed by atoms with E-state index in [1.54, 1.807) is 24.3 Å². The first-order valence-corrected chi connectivity index (χ1v) is 14.6. The first-order valence-electron chi connectivity index (χ1n) is 13.4. The maximum absolute atomic E-state index is 14.7. The molecular formula is C31H30ClF2N3O3S. The van der Waals surface area contributed by atoms with Gasteiger partial charge in [-0.25, -0.2) is 8.78 Å². The van der Waals surface area contributed by atoms with Crippen LogP contribution in [0.3, 0.4) is 0 Å². The van der Waals surface area contributed by atoms with Gasteiger partial charge >= 0.3 is 0 Å². The van der Waals surface area contributed by atoms with E-state index in [-0.39, 0.29) is 44.3 Å². The quantitative estimate of drug-likeness (QED) is 0.216. The summed E-state index contributed by atoms with van der Waals surface area (Å²) in [6.45, 7) is 1.67. The van der Waals surface area contributed by atoms with Crippen molar-refractivity contribution in [2.75, 3.05) is 14.2 Å². The Bertz CT molecular complexity index is 1620. The van der Waals surface area contributed by atoms with Gasteiger partial charge in [-0.2, -0.15) is 0 Å². The summed E-state index contributed by atoms with van der Waals surface area (Å²) in [4.78, 5) is 32.1. The molecule has 10 heteroatoms. The number of amides is 1. The second kappa shape index (κ2) is 12.2. The number of halogens is 3. The van der Waals surface area contributed by atoms with E-state index in [1.165, 1.54) is 6.92 Å². The Balaban J connectivity index is 1.56. The van der Waals surface area contributed by atoms with Crippen LogP contribution in [0.15, 0.2) is 48.7 Å². The molecular weight excluding hydrogens is 568 g/mol. The molecule has 0 aliphatic heterocycles. The van der Waals surface area contributed by atoms with E-state index >= 15 is 0 Å². The number of ether oxygens (including phenoxy) is 1. The van der Waals surface area contributed by atoms with Gasteiger partial charge in [0.15, 0.2) is 5.78 Å². The molecule has 0 atom stereocenters. The van der Waals surface area contributed by atoms with E-state index < -0.39 is 11.6 Å². The van der Waals surface area contributed by atoms with Gasteiger partial charge in [0.2, 0.25) is 0 Å². The molecule has 5 rings (SSSR count). The highest BCUT2D eigenvalue weighted by Crippen LogP contribution is 2.40. The van der Waals surface area contributed by atoms with Crippen LogP contribution in [0.1, 0.15) is 58.3 Å². The van der Waals surface area contributed by atoms with Gasteiger partial charge in [0.1, 0.15) is 28.0 Å². The second-order valence-corrected chi connectivity index (χ2v) is 11.6. The number of methoxy groups -OCH3 is 1. The molecule has 1 fully saturated rings. The summed E-state index contributed by atoms with van der Waals surface area (Å²) < 4.78 is 35.0. The number of ketones is 1. The van der Waals surface area contributed by atoms with E-state index in [0.29, 0.717) is 17.5 Å². The Morgan fingerprint density at radius 2 is 1.78 bits per heavy atom. The maximum atomic E-state index is 14.7. The van der Waals surface area contributed by atoms with E-state index in [1.807, 2.05) is 31.3 Å². The molecule has 2 aromatic heterocycles. The molecule has 1 saturated carbocycles. The maximum Gasteiger partial charge on any atom is 0.266 e. The number of nitrogens with one attached hydrogen (secondary N) is 1. The van der Waals surface area contributed by atoms with Crippen molar-refractivity contribution >= 4 is 44.7 Å². The Labute approximate surface area is 246 Å². The molecule has 1 aliphatic carbocycles. The first-order chi connectivity index (χ1) is 19.7. The summed E-state index contributed by atoms with van der Waals surface area (Å²) in [6.07, 6.45) is 4.88. The number of rotatable bonds is 8. The lowest BCUT2D eigenvalue weighted by Crippen LogP contribution is -2.44. The normalized spacial score (nSPS) is 17.0. The number of thiophene rings is 1. The number of carbonyl (C=O) groups excluding carboxylic acids is 2. The van der Waals surface area contributed by atoms with Crippen LogP contribution in [0.4, 0.5) is 8.78 Å². The van der Waals surface area contributed by atoms with Crippen molar-refractivity contribution in [2.45, 2.75) is 51.2 Å². The Kier molecular flexibility index (Phi) is 8.68. The smallest absolute Gasteiger partial charge is 0.266 e. The van der Waals surface area contributed by atoms with Crippen molar-refractivity contribution in [3.05, 3.63) is 81.5 Å². The van der Waals surface area contributed by atoms with Crippen LogP contribution in [-0.4, -0.2) is 47.8 Å². The predicted octanol–water partition coefficient (Wildman–Crippen LogP) is 7.28. The Hall–Kier alpha value is -3.40. The lowest BCUT2D eigenvalue weighted by molar-refractivity contribution is 0.0604. The third-order valence-corrected chi connectivity index (χ3v) is 9.43. The van der Waals surface area contributed by atoms with E-state index in [4.69, 9.17) is 16.3 Å². The molecule has 41 heavy (non-hydrogen) atoms. The van der Waals surface area contributed by atoms with Crippen molar-refractivity contribution in [3.63, 3.8) is 0 Å². The number of benzene rings is 2. The zero-order valence-electron chi connectivity index (χ0n) is 23.0. The standard InChI is InChI=1S/C31H30ClF2N3O3S/c1-17(38)25-15-19(12-13-36-25)18-4-11-26(40-3)20(14-18)16-37(22-7-5-21(35-2)6-8-22)31(39)30-28(32)27-23(33)9-10-24(34)29(27)41-30/h4,9-15,21-22,35H,5-8,16H2,1-3H3. The fourth-order valence-electron chi connectivity index (χ4n) is 5.48. The molecule has 6 nitrogen and oxygen atoms in total. The molecule has 2 aromatic carbocycles. The fourth-order valence-corrected chi connectivity index (χ4v) is 6.98. The minimum absolute atomic E-state index is 0.0238. The minimum atomic E-state index is -0.667. The van der Waals surface area contributed by atoms with Crippen molar-refractivity contribution in [3.8, 4) is 16.9 Å². The molecule has 1 amide bonds. The van der Waals surface area contributed by atoms with Crippen LogP contribution in [0.25, 0.3) is 21.2 Å². The van der Waals surface area contributed by atoms with Crippen molar-refractivity contribution < 1.29 is 23.1 Å². The van der Waals surface area contributed by atoms with Crippen LogP contribution < -0.4 is 10.1 Å². The molecule has 1 N–H and O–H groups in total. The number of pyridine rings is 1. The van der Waals surface area contributed by atoms with Crippen LogP contribution in [0, 0.1) is 11.6 Å². The van der Waals surface area contributed by atoms with Gasteiger partial charge in [-0.05, 0) is 80.3 Å². The number of hydrogen-bond donors (Lipinski definition) is 1. The van der Waals surface area contributed by atoms with Crippen molar-refractivity contribution in [1.29, 1.82) is 0 Å². The average molecular weight is 598 g/mol. The summed E-state index contributed by atoms with van der Waals surface area (Å²) in [6, 6.07) is 11.5. The van der Waals surface area contributed by atoms with Crippen LogP contribution in [-0.2, 0) is 6.54 Å². The molecule has 0 bridgehead atoms. The molecule has 1 aliphatic rings. The second-order valence-electron chi connectivity index (χ2n) is 10.2. The van der Waals surface area contributed by atoms with Crippen molar-refractivity contribution in [2.24, 2.45) is 0 Å². The monoisotopic (exact) mass is 597 g/mol. The number of Topliss-reactive ketones (excluding diaryl/α,β-unsaturated/α-hetero) is 1. The Morgan fingerprint density at radius 3 is 2.44 bits per heavy atom. The van der Waals surface area contributed by atoms with E-state index in [0.717, 1.165) is 65.8 Å². The fraction of sp³-hybridized carbons (Fsp3) is 0.323. The van der Waals surface area contributed by atoms with Gasteiger partial charge in [0.25, 0.3) is 5.91 Å². The Morgan fingerprint density at radius 1 is 1.07 bits per heavy atom. The van der Waals surface area contributed by atoms with Crippen LogP contribution in [0.2, 0.25) is 5.02 Å². The zero-order valence-corrected chi connectivity index (χ0v) is 24.5. The van der Waals surface area contributed by atoms with Crippen LogP contribution >= 0.6 is 22.9 Å². The lowest BCUT2D eigenvalue weighted by atomic mass is 9.89. The minimum Gasteiger partial charge on any atom is -0.496 e. The van der Waals surface area contributed by atoms with Gasteiger partial charge in [-0.3, -0.25) is 14.6 Å². The number of hydrogen-bond acceptors (Lipinski definition) is 6. The largest absolute Gasteiger partial charge is 0.496 e. The van der Waals surface area contributed by atoms with Gasteiger partial charge < -0.3 is 15.0 Å². The number of nitrogens with zero attached hydrogens (tertiary/aromatic N) is 2. The topological polar surface area (TPSA) is 71.5 Å². The van der Waals surface area contributed by atoms with Gasteiger partial charge in [-0.15, -0.1) is 11.3 Å². The third-order valence-electron chi connectivity index (χ3n) is 7.76. The van der Waals surface area contributed by atoms with E-state index in [9.17, 15) is 18.4 Å². The third kappa shape index (κ3) is 5.84. The molecule has 0 radical (unpaired) electrons. The number of fused-ring (bicyclic) bond motifs is 1. The summed E-state index contributed by atoms with van der Waals surface area (Å²) in [5.41, 5.74) is 2.75. The van der Waals surface area contributed by atoms with E-state index in [2.05, 4.69) is 10.3 Å². The molecule has 0 spiro atoms. The molecule has 0 saturated heterocycles.